The molecule has 5 nitrogen and oxygen atoms in total. The van der Waals surface area contributed by atoms with Gasteiger partial charge in [0.1, 0.15) is 6.04 Å². The Hall–Kier alpha value is -1.56. The van der Waals surface area contributed by atoms with Gasteiger partial charge in [0.25, 0.3) is 0 Å². The number of halogens is 1. The van der Waals surface area contributed by atoms with Crippen molar-refractivity contribution in [1.29, 1.82) is 0 Å². The lowest BCUT2D eigenvalue weighted by Crippen LogP contribution is -2.58. The van der Waals surface area contributed by atoms with Crippen molar-refractivity contribution < 1.29 is 9.59 Å². The Morgan fingerprint density at radius 2 is 2.30 bits per heavy atom. The fourth-order valence-corrected chi connectivity index (χ4v) is 2.57. The molecule has 1 fully saturated rings. The molecule has 2 rings (SSSR count). The van der Waals surface area contributed by atoms with Crippen LogP contribution in [0.5, 0.6) is 0 Å². The summed E-state index contributed by atoms with van der Waals surface area (Å²) >= 11 is 3.42. The van der Waals surface area contributed by atoms with Crippen molar-refractivity contribution in [3.05, 3.63) is 33.8 Å². The molecule has 0 radical (unpaired) electrons. The first-order valence-corrected chi connectivity index (χ1v) is 7.35. The highest BCUT2D eigenvalue weighted by atomic mass is 79.9. The highest BCUT2D eigenvalue weighted by Gasteiger charge is 2.28. The summed E-state index contributed by atoms with van der Waals surface area (Å²) < 4.78 is 0.984. The monoisotopic (exact) mass is 339 g/mol. The van der Waals surface area contributed by atoms with Gasteiger partial charge in [0.15, 0.2) is 0 Å². The Kier molecular flexibility index (Phi) is 4.65. The van der Waals surface area contributed by atoms with Crippen molar-refractivity contribution in [2.75, 3.05) is 13.1 Å². The highest BCUT2D eigenvalue weighted by molar-refractivity contribution is 9.10. The Morgan fingerprint density at radius 1 is 1.55 bits per heavy atom. The number of hydrogen-bond donors (Lipinski definition) is 2. The van der Waals surface area contributed by atoms with E-state index in [1.54, 1.807) is 11.8 Å². The molecule has 1 aliphatic heterocycles. The maximum absolute atomic E-state index is 12.1. The zero-order valence-electron chi connectivity index (χ0n) is 11.6. The van der Waals surface area contributed by atoms with Crippen LogP contribution in [0.4, 0.5) is 4.79 Å². The number of amides is 3. The van der Waals surface area contributed by atoms with Crippen LogP contribution in [0.3, 0.4) is 0 Å². The molecule has 1 aromatic rings. The first-order valence-electron chi connectivity index (χ1n) is 6.56. The third kappa shape index (κ3) is 3.30. The molecule has 1 aromatic carbocycles. The fraction of sp³-hybridized carbons (Fsp3) is 0.429. The standard InChI is InChI=1S/C14H18BrN3O2/c1-9-3-4-12(15)7-11(9)8-17-14(20)18-6-5-16-13(19)10(18)2/h3-4,7,10H,5-6,8H2,1-2H3,(H,16,19)(H,17,20). The largest absolute Gasteiger partial charge is 0.353 e. The summed E-state index contributed by atoms with van der Waals surface area (Å²) in [6, 6.07) is 5.33. The number of aryl methyl sites for hydroxylation is 1. The first kappa shape index (κ1) is 14.8. The SMILES string of the molecule is Cc1ccc(Br)cc1CNC(=O)N1CCNC(=O)C1C. The van der Waals surface area contributed by atoms with E-state index in [4.69, 9.17) is 0 Å². The van der Waals surface area contributed by atoms with Crippen LogP contribution in [0, 0.1) is 6.92 Å². The van der Waals surface area contributed by atoms with E-state index in [9.17, 15) is 9.59 Å². The predicted molar refractivity (Wildman–Crippen MR) is 80.3 cm³/mol. The number of hydrogen-bond acceptors (Lipinski definition) is 2. The van der Waals surface area contributed by atoms with E-state index in [1.165, 1.54) is 0 Å². The number of nitrogens with one attached hydrogen (secondary N) is 2. The molecule has 1 saturated heterocycles. The summed E-state index contributed by atoms with van der Waals surface area (Å²) in [6.07, 6.45) is 0. The maximum atomic E-state index is 12.1. The van der Waals surface area contributed by atoms with Crippen LogP contribution in [0.1, 0.15) is 18.1 Å². The molecule has 0 saturated carbocycles. The van der Waals surface area contributed by atoms with Crippen LogP contribution in [-0.4, -0.2) is 36.0 Å². The van der Waals surface area contributed by atoms with Crippen molar-refractivity contribution >= 4 is 27.9 Å². The second kappa shape index (κ2) is 6.26. The first-order chi connectivity index (χ1) is 9.49. The average Bonchev–Trinajstić information content (AvgIpc) is 2.42. The van der Waals surface area contributed by atoms with E-state index in [0.29, 0.717) is 19.6 Å². The minimum atomic E-state index is -0.424. The van der Waals surface area contributed by atoms with Gasteiger partial charge >= 0.3 is 6.03 Å². The maximum Gasteiger partial charge on any atom is 0.318 e. The van der Waals surface area contributed by atoms with Crippen LogP contribution in [0.15, 0.2) is 22.7 Å². The molecule has 20 heavy (non-hydrogen) atoms. The van der Waals surface area contributed by atoms with Crippen LogP contribution < -0.4 is 10.6 Å². The number of benzene rings is 1. The zero-order valence-corrected chi connectivity index (χ0v) is 13.2. The molecular weight excluding hydrogens is 322 g/mol. The van der Waals surface area contributed by atoms with Gasteiger partial charge in [-0.25, -0.2) is 4.79 Å². The molecule has 3 amide bonds. The number of nitrogens with zero attached hydrogens (tertiary/aromatic N) is 1. The molecule has 6 heteroatoms. The van der Waals surface area contributed by atoms with Crippen molar-refractivity contribution in [3.63, 3.8) is 0 Å². The van der Waals surface area contributed by atoms with Crippen LogP contribution >= 0.6 is 15.9 Å². The summed E-state index contributed by atoms with van der Waals surface area (Å²) in [5, 5.41) is 5.61. The minimum Gasteiger partial charge on any atom is -0.353 e. The van der Waals surface area contributed by atoms with Crippen LogP contribution in [0.25, 0.3) is 0 Å². The lowest BCUT2D eigenvalue weighted by Gasteiger charge is -2.32. The second-order valence-corrected chi connectivity index (χ2v) is 5.81. The van der Waals surface area contributed by atoms with Gasteiger partial charge in [-0.15, -0.1) is 0 Å². The van der Waals surface area contributed by atoms with Gasteiger partial charge in [-0.2, -0.15) is 0 Å². The molecule has 1 aliphatic rings. The van der Waals surface area contributed by atoms with E-state index in [0.717, 1.165) is 15.6 Å². The molecule has 0 bridgehead atoms. The molecule has 0 spiro atoms. The molecule has 1 unspecified atom stereocenters. The number of rotatable bonds is 2. The summed E-state index contributed by atoms with van der Waals surface area (Å²) in [5.41, 5.74) is 2.18. The summed E-state index contributed by atoms with van der Waals surface area (Å²) in [4.78, 5) is 25.3. The van der Waals surface area contributed by atoms with E-state index < -0.39 is 6.04 Å². The summed E-state index contributed by atoms with van der Waals surface area (Å²) in [6.45, 7) is 5.24. The molecule has 0 aliphatic carbocycles. The Balaban J connectivity index is 1.98. The lowest BCUT2D eigenvalue weighted by molar-refractivity contribution is -0.126. The molecule has 1 atom stereocenters. The van der Waals surface area contributed by atoms with Crippen molar-refractivity contribution in [3.8, 4) is 0 Å². The third-order valence-corrected chi connectivity index (χ3v) is 3.99. The summed E-state index contributed by atoms with van der Waals surface area (Å²) in [7, 11) is 0. The number of piperazine rings is 1. The van der Waals surface area contributed by atoms with Crippen molar-refractivity contribution in [1.82, 2.24) is 15.5 Å². The van der Waals surface area contributed by atoms with Gasteiger partial charge in [-0.1, -0.05) is 22.0 Å². The van der Waals surface area contributed by atoms with E-state index in [2.05, 4.69) is 26.6 Å². The quantitative estimate of drug-likeness (QED) is 0.862. The smallest absolute Gasteiger partial charge is 0.318 e. The van der Waals surface area contributed by atoms with Gasteiger partial charge in [0, 0.05) is 24.1 Å². The van der Waals surface area contributed by atoms with Gasteiger partial charge in [0.05, 0.1) is 0 Å². The van der Waals surface area contributed by atoms with Gasteiger partial charge in [0.2, 0.25) is 5.91 Å². The molecular formula is C14H18BrN3O2. The van der Waals surface area contributed by atoms with E-state index in [1.807, 2.05) is 25.1 Å². The van der Waals surface area contributed by atoms with Gasteiger partial charge < -0.3 is 15.5 Å². The van der Waals surface area contributed by atoms with Crippen LogP contribution in [0.2, 0.25) is 0 Å². The number of carbonyl (C=O) groups is 2. The topological polar surface area (TPSA) is 61.4 Å². The van der Waals surface area contributed by atoms with Crippen LogP contribution in [-0.2, 0) is 11.3 Å². The normalized spacial score (nSPS) is 18.6. The van der Waals surface area contributed by atoms with E-state index >= 15 is 0 Å². The van der Waals surface area contributed by atoms with Gasteiger partial charge in [-0.3, -0.25) is 4.79 Å². The molecule has 2 N–H and O–H groups in total. The highest BCUT2D eigenvalue weighted by Crippen LogP contribution is 2.16. The summed E-state index contributed by atoms with van der Waals surface area (Å²) in [5.74, 6) is -0.106. The Labute approximate surface area is 126 Å². The zero-order chi connectivity index (χ0) is 14.7. The molecule has 0 aromatic heterocycles. The minimum absolute atomic E-state index is 0.106. The number of carbonyl (C=O) groups excluding carboxylic acids is 2. The Morgan fingerprint density at radius 3 is 3.05 bits per heavy atom. The Bertz CT molecular complexity index is 533. The van der Waals surface area contributed by atoms with Gasteiger partial charge in [-0.05, 0) is 37.1 Å². The fourth-order valence-electron chi connectivity index (χ4n) is 2.16. The van der Waals surface area contributed by atoms with E-state index in [-0.39, 0.29) is 11.9 Å². The number of urea groups is 1. The average molecular weight is 340 g/mol. The molecule has 1 heterocycles. The lowest BCUT2D eigenvalue weighted by atomic mass is 10.1. The van der Waals surface area contributed by atoms with Crippen molar-refractivity contribution in [2.24, 2.45) is 0 Å². The molecule has 108 valence electrons. The predicted octanol–water partition coefficient (Wildman–Crippen LogP) is 1.79. The third-order valence-electron chi connectivity index (χ3n) is 3.50. The second-order valence-electron chi connectivity index (χ2n) is 4.89. The van der Waals surface area contributed by atoms with Crippen molar-refractivity contribution in [2.45, 2.75) is 26.4 Å².